The van der Waals surface area contributed by atoms with E-state index in [2.05, 4.69) is 4.98 Å². The Morgan fingerprint density at radius 1 is 1.12 bits per heavy atom. The molecule has 2 aliphatic carbocycles. The number of carbonyl (C=O) groups is 2. The quantitative estimate of drug-likeness (QED) is 0.723. The third-order valence-corrected chi connectivity index (χ3v) is 7.25. The molecule has 33 heavy (non-hydrogen) atoms. The molecule has 11 heteroatoms. The maximum Gasteiger partial charge on any atom is 0.419 e. The number of fused-ring (bicyclic) bond motifs is 1. The van der Waals surface area contributed by atoms with Gasteiger partial charge in [-0.3, -0.25) is 14.0 Å². The average Bonchev–Trinajstić information content (AvgIpc) is 3.57. The van der Waals surface area contributed by atoms with Crippen molar-refractivity contribution in [2.45, 2.75) is 62.8 Å². The molecule has 0 radical (unpaired) electrons. The molecular weight excluding hydrogens is 461 g/mol. The number of rotatable bonds is 3. The van der Waals surface area contributed by atoms with Gasteiger partial charge in [0.1, 0.15) is 11.7 Å². The van der Waals surface area contributed by atoms with E-state index < -0.39 is 23.3 Å². The van der Waals surface area contributed by atoms with Crippen molar-refractivity contribution in [1.82, 2.24) is 19.2 Å². The number of nitrogens with zero attached hydrogens (tertiary/aromatic N) is 4. The maximum absolute atomic E-state index is 13.7. The highest BCUT2D eigenvalue weighted by atomic mass is 35.5. The summed E-state index contributed by atoms with van der Waals surface area (Å²) in [5.74, 6) is -0.820. The molecule has 0 aromatic carbocycles. The standard InChI is InChI=1S/C22H24ClF3N4O3/c23-19-18(27-20-16(22(24,25)26)9-13(10-30(19)20)12-1-2-12)21(33)28-7-8-29(17(32)11-28)14-3-5-15(31)6-4-14/h9-10,12,14-15,31H,1-8,11H2/t14-,15+. The summed E-state index contributed by atoms with van der Waals surface area (Å²) in [6.45, 7) is 0.394. The van der Waals surface area contributed by atoms with Crippen LogP contribution in [0.2, 0.25) is 5.15 Å². The number of aliphatic hydroxyl groups excluding tert-OH is 1. The zero-order chi connectivity index (χ0) is 23.5. The molecule has 2 saturated carbocycles. The fourth-order valence-electron chi connectivity index (χ4n) is 4.89. The smallest absolute Gasteiger partial charge is 0.393 e. The number of amides is 2. The number of hydrogen-bond acceptors (Lipinski definition) is 4. The summed E-state index contributed by atoms with van der Waals surface area (Å²) in [6, 6.07) is 1.13. The van der Waals surface area contributed by atoms with E-state index in [1.165, 1.54) is 11.1 Å². The van der Waals surface area contributed by atoms with E-state index in [4.69, 9.17) is 11.6 Å². The lowest BCUT2D eigenvalue weighted by atomic mass is 9.91. The first-order valence-electron chi connectivity index (χ1n) is 11.2. The summed E-state index contributed by atoms with van der Waals surface area (Å²) in [4.78, 5) is 32.9. The van der Waals surface area contributed by atoms with Gasteiger partial charge in [-0.05, 0) is 56.1 Å². The van der Waals surface area contributed by atoms with E-state index in [1.807, 2.05) is 0 Å². The molecule has 1 N–H and O–H groups in total. The molecular formula is C22H24ClF3N4O3. The number of pyridine rings is 1. The molecule has 178 valence electrons. The molecule has 2 aromatic rings. The molecule has 0 spiro atoms. The Bertz CT molecular complexity index is 1110. The summed E-state index contributed by atoms with van der Waals surface area (Å²) < 4.78 is 42.3. The first-order valence-corrected chi connectivity index (χ1v) is 11.6. The molecule has 3 heterocycles. The lowest BCUT2D eigenvalue weighted by Crippen LogP contribution is -2.56. The van der Waals surface area contributed by atoms with Gasteiger partial charge in [-0.1, -0.05) is 11.6 Å². The lowest BCUT2D eigenvalue weighted by molar-refractivity contribution is -0.139. The summed E-state index contributed by atoms with van der Waals surface area (Å²) in [5, 5.41) is 9.51. The summed E-state index contributed by atoms with van der Waals surface area (Å²) in [5.41, 5.74) is -1.09. The largest absolute Gasteiger partial charge is 0.419 e. The molecule has 1 aliphatic heterocycles. The van der Waals surface area contributed by atoms with Crippen LogP contribution in [0.25, 0.3) is 5.65 Å². The highest BCUT2D eigenvalue weighted by Crippen LogP contribution is 2.43. The van der Waals surface area contributed by atoms with E-state index in [0.29, 0.717) is 37.8 Å². The topological polar surface area (TPSA) is 78.2 Å². The minimum Gasteiger partial charge on any atom is -0.393 e. The number of halogens is 4. The van der Waals surface area contributed by atoms with Crippen LogP contribution < -0.4 is 0 Å². The zero-order valence-electron chi connectivity index (χ0n) is 17.8. The van der Waals surface area contributed by atoms with Crippen LogP contribution in [0.3, 0.4) is 0 Å². The van der Waals surface area contributed by atoms with Crippen molar-refractivity contribution in [1.29, 1.82) is 0 Å². The molecule has 0 bridgehead atoms. The van der Waals surface area contributed by atoms with Crippen molar-refractivity contribution >= 4 is 29.1 Å². The van der Waals surface area contributed by atoms with Crippen molar-refractivity contribution in [2.75, 3.05) is 19.6 Å². The number of piperazine rings is 1. The monoisotopic (exact) mass is 484 g/mol. The van der Waals surface area contributed by atoms with Crippen LogP contribution in [0.1, 0.15) is 66.1 Å². The van der Waals surface area contributed by atoms with Crippen molar-refractivity contribution in [3.05, 3.63) is 34.2 Å². The molecule has 7 nitrogen and oxygen atoms in total. The third-order valence-electron chi connectivity index (χ3n) is 6.89. The molecule has 0 atom stereocenters. The van der Waals surface area contributed by atoms with E-state index in [-0.39, 0.29) is 47.9 Å². The Morgan fingerprint density at radius 2 is 1.82 bits per heavy atom. The van der Waals surface area contributed by atoms with Gasteiger partial charge in [0.2, 0.25) is 5.91 Å². The first kappa shape index (κ1) is 22.5. The van der Waals surface area contributed by atoms with Crippen LogP contribution in [0.5, 0.6) is 0 Å². The zero-order valence-corrected chi connectivity index (χ0v) is 18.6. The number of hydrogen-bond donors (Lipinski definition) is 1. The number of carbonyl (C=O) groups excluding carboxylic acids is 2. The molecule has 2 amide bonds. The fourth-order valence-corrected chi connectivity index (χ4v) is 5.14. The molecule has 5 rings (SSSR count). The Balaban J connectivity index is 1.40. The van der Waals surface area contributed by atoms with Gasteiger partial charge >= 0.3 is 6.18 Å². The summed E-state index contributed by atoms with van der Waals surface area (Å²) >= 11 is 6.36. The number of aromatic nitrogens is 2. The van der Waals surface area contributed by atoms with E-state index in [9.17, 15) is 27.9 Å². The van der Waals surface area contributed by atoms with Crippen LogP contribution in [0, 0.1) is 0 Å². The Labute approximate surface area is 193 Å². The van der Waals surface area contributed by atoms with Crippen LogP contribution in [0.15, 0.2) is 12.3 Å². The normalized spacial score (nSPS) is 24.6. The second-order valence-corrected chi connectivity index (χ2v) is 9.54. The van der Waals surface area contributed by atoms with E-state index >= 15 is 0 Å². The minimum atomic E-state index is -4.64. The highest BCUT2D eigenvalue weighted by molar-refractivity contribution is 6.33. The third kappa shape index (κ3) is 4.19. The molecule has 3 fully saturated rings. The second kappa shape index (κ2) is 8.16. The molecule has 0 unspecified atom stereocenters. The SMILES string of the molecule is O=C(c1nc2c(C(F)(F)F)cc(C3CC3)cn2c1Cl)N1CCN([C@H]2CC[C@@H](O)CC2)C(=O)C1. The predicted octanol–water partition coefficient (Wildman–Crippen LogP) is 3.47. The van der Waals surface area contributed by atoms with Gasteiger partial charge in [-0.2, -0.15) is 13.2 Å². The van der Waals surface area contributed by atoms with Crippen molar-refractivity contribution in [2.24, 2.45) is 0 Å². The van der Waals surface area contributed by atoms with Crippen LogP contribution >= 0.6 is 11.6 Å². The number of imidazole rings is 1. The number of aliphatic hydroxyl groups is 1. The second-order valence-electron chi connectivity index (χ2n) is 9.18. The lowest BCUT2D eigenvalue weighted by Gasteiger charge is -2.41. The average molecular weight is 485 g/mol. The van der Waals surface area contributed by atoms with Crippen LogP contribution in [0.4, 0.5) is 13.2 Å². The predicted molar refractivity (Wildman–Crippen MR) is 113 cm³/mol. The van der Waals surface area contributed by atoms with Crippen molar-refractivity contribution < 1.29 is 27.9 Å². The maximum atomic E-state index is 13.7. The van der Waals surface area contributed by atoms with Crippen molar-refractivity contribution in [3.63, 3.8) is 0 Å². The Kier molecular flexibility index (Phi) is 5.55. The van der Waals surface area contributed by atoms with Crippen molar-refractivity contribution in [3.8, 4) is 0 Å². The molecule has 3 aliphatic rings. The van der Waals surface area contributed by atoms with Gasteiger partial charge in [0, 0.05) is 25.3 Å². The van der Waals surface area contributed by atoms with Gasteiger partial charge in [0.25, 0.3) is 5.91 Å². The minimum absolute atomic E-state index is 0.0344. The Morgan fingerprint density at radius 3 is 2.42 bits per heavy atom. The summed E-state index contributed by atoms with van der Waals surface area (Å²) in [7, 11) is 0. The van der Waals surface area contributed by atoms with Crippen LogP contribution in [-0.2, 0) is 11.0 Å². The van der Waals surface area contributed by atoms with Gasteiger partial charge < -0.3 is 14.9 Å². The number of alkyl halides is 3. The first-order chi connectivity index (χ1) is 15.6. The summed E-state index contributed by atoms with van der Waals surface area (Å²) in [6.07, 6.45) is 0.867. The Hall–Kier alpha value is -2.33. The van der Waals surface area contributed by atoms with Crippen LogP contribution in [-0.4, -0.2) is 67.9 Å². The van der Waals surface area contributed by atoms with Gasteiger partial charge in [0.05, 0.1) is 11.7 Å². The fraction of sp³-hybridized carbons (Fsp3) is 0.591. The van der Waals surface area contributed by atoms with Gasteiger partial charge in [-0.25, -0.2) is 4.98 Å². The molecule has 2 aromatic heterocycles. The molecule has 1 saturated heterocycles. The van der Waals surface area contributed by atoms with E-state index in [1.54, 1.807) is 4.90 Å². The van der Waals surface area contributed by atoms with Gasteiger partial charge in [-0.15, -0.1) is 0 Å². The van der Waals surface area contributed by atoms with Gasteiger partial charge in [0.15, 0.2) is 11.3 Å². The van der Waals surface area contributed by atoms with E-state index in [0.717, 1.165) is 23.3 Å². The highest BCUT2D eigenvalue weighted by Gasteiger charge is 2.39.